The van der Waals surface area contributed by atoms with E-state index in [4.69, 9.17) is 28.4 Å². The zero-order valence-corrected chi connectivity index (χ0v) is 46.5. The van der Waals surface area contributed by atoms with Crippen molar-refractivity contribution in [1.82, 2.24) is 5.32 Å². The van der Waals surface area contributed by atoms with E-state index in [1.54, 1.807) is 6.08 Å². The molecule has 12 N–H and O–H groups in total. The third-order valence-electron chi connectivity index (χ3n) is 15.3. The summed E-state index contributed by atoms with van der Waals surface area (Å²) in [5, 5.41) is 120. The molecule has 0 spiro atoms. The molecule has 76 heavy (non-hydrogen) atoms. The summed E-state index contributed by atoms with van der Waals surface area (Å²) in [4.78, 5) is 13.2. The first-order valence-corrected chi connectivity index (χ1v) is 29.9. The molecule has 3 aliphatic heterocycles. The number of aliphatic hydroxyl groups excluding tert-OH is 11. The predicted octanol–water partition coefficient (Wildman–Crippen LogP) is 4.99. The Morgan fingerprint density at radius 2 is 0.816 bits per heavy atom. The maximum absolute atomic E-state index is 13.2. The molecule has 3 fully saturated rings. The van der Waals surface area contributed by atoms with Crippen LogP contribution < -0.4 is 5.32 Å². The minimum atomic E-state index is -1.97. The van der Waals surface area contributed by atoms with Gasteiger partial charge in [0.15, 0.2) is 18.9 Å². The highest BCUT2D eigenvalue weighted by Gasteiger charge is 2.53. The number of allylic oxidation sites excluding steroid dienone is 1. The lowest BCUT2D eigenvalue weighted by atomic mass is 9.96. The van der Waals surface area contributed by atoms with E-state index in [0.717, 1.165) is 44.9 Å². The number of amides is 1. The molecule has 0 aromatic carbocycles. The zero-order chi connectivity index (χ0) is 55.5. The van der Waals surface area contributed by atoms with Crippen LogP contribution in [0.2, 0.25) is 0 Å². The number of rotatable bonds is 44. The normalized spacial score (nSPS) is 31.0. The monoisotopic (exact) mass is 1090 g/mol. The first-order chi connectivity index (χ1) is 36.8. The Bertz CT molecular complexity index is 1450. The van der Waals surface area contributed by atoms with Crippen LogP contribution in [0, 0.1) is 0 Å². The number of hydrogen-bond acceptors (Lipinski definition) is 18. The van der Waals surface area contributed by atoms with Gasteiger partial charge in [0.2, 0.25) is 5.91 Å². The van der Waals surface area contributed by atoms with Gasteiger partial charge in [-0.25, -0.2) is 0 Å². The summed E-state index contributed by atoms with van der Waals surface area (Å²) in [7, 11) is 0. The molecule has 0 aromatic heterocycles. The number of ether oxygens (including phenoxy) is 6. The second-order valence-corrected chi connectivity index (χ2v) is 21.8. The second-order valence-electron chi connectivity index (χ2n) is 21.8. The summed E-state index contributed by atoms with van der Waals surface area (Å²) < 4.78 is 34.2. The van der Waals surface area contributed by atoms with Crippen LogP contribution >= 0.6 is 0 Å². The number of carbonyl (C=O) groups excluding carboxylic acids is 1. The summed E-state index contributed by atoms with van der Waals surface area (Å²) >= 11 is 0. The molecule has 3 heterocycles. The summed E-state index contributed by atoms with van der Waals surface area (Å²) in [5.41, 5.74) is 0. The Labute approximate surface area is 455 Å². The molecule has 19 nitrogen and oxygen atoms in total. The van der Waals surface area contributed by atoms with Crippen molar-refractivity contribution in [2.45, 2.75) is 317 Å². The third-order valence-corrected chi connectivity index (χ3v) is 15.3. The summed E-state index contributed by atoms with van der Waals surface area (Å²) in [6.45, 7) is 1.69. The lowest BCUT2D eigenvalue weighted by Gasteiger charge is -2.48. The van der Waals surface area contributed by atoms with E-state index in [1.165, 1.54) is 141 Å². The van der Waals surface area contributed by atoms with Gasteiger partial charge in [0.25, 0.3) is 0 Å². The predicted molar refractivity (Wildman–Crippen MR) is 287 cm³/mol. The molecule has 0 bridgehead atoms. The number of aliphatic hydroxyl groups is 11. The molecular formula is C57H107NO18. The molecule has 3 saturated heterocycles. The average molecular weight is 1090 g/mol. The van der Waals surface area contributed by atoms with Gasteiger partial charge >= 0.3 is 0 Å². The van der Waals surface area contributed by atoms with Crippen molar-refractivity contribution in [3.8, 4) is 0 Å². The van der Waals surface area contributed by atoms with Gasteiger partial charge in [0, 0.05) is 6.42 Å². The van der Waals surface area contributed by atoms with Crippen LogP contribution in [0.4, 0.5) is 0 Å². The average Bonchev–Trinajstić information content (AvgIpc) is 3.42. The van der Waals surface area contributed by atoms with Gasteiger partial charge in [-0.2, -0.15) is 0 Å². The maximum atomic E-state index is 13.2. The molecule has 3 rings (SSSR count). The Balaban J connectivity index is 1.45. The molecule has 0 saturated carbocycles. The Morgan fingerprint density at radius 1 is 0.461 bits per heavy atom. The highest BCUT2D eigenvalue weighted by molar-refractivity contribution is 5.76. The summed E-state index contributed by atoms with van der Waals surface area (Å²) in [6, 6.07) is -0.965. The van der Waals surface area contributed by atoms with Crippen LogP contribution in [-0.4, -0.2) is 193 Å². The molecule has 0 radical (unpaired) electrons. The van der Waals surface area contributed by atoms with Crippen molar-refractivity contribution in [1.29, 1.82) is 0 Å². The highest BCUT2D eigenvalue weighted by Crippen LogP contribution is 2.33. The fourth-order valence-corrected chi connectivity index (χ4v) is 10.4. The SMILES string of the molecule is CCCCCCCCCCCCCCCCCCCCCCC/C=C/C(O)C(COC1OC(CO)C(OC2OC(CO)C(OC3OC(CO)C(O)C(O)C3O)C(O)C2O)C(O)C1O)NC(=O)CCCCCCCCCC. The minimum absolute atomic E-state index is 0.246. The molecule has 17 unspecified atom stereocenters. The van der Waals surface area contributed by atoms with Crippen LogP contribution in [0.5, 0.6) is 0 Å². The Kier molecular flexibility index (Phi) is 37.6. The number of nitrogens with one attached hydrogen (secondary N) is 1. The van der Waals surface area contributed by atoms with Crippen LogP contribution in [0.25, 0.3) is 0 Å². The van der Waals surface area contributed by atoms with Gasteiger partial charge < -0.3 is 89.9 Å². The van der Waals surface area contributed by atoms with E-state index >= 15 is 0 Å². The topological polar surface area (TPSA) is 307 Å². The van der Waals surface area contributed by atoms with Crippen LogP contribution in [0.1, 0.15) is 213 Å². The molecule has 3 aliphatic rings. The molecule has 17 atom stereocenters. The number of carbonyl (C=O) groups is 1. The standard InChI is InChI=1S/C57H107NO18/c1-3-5-7-9-11-13-14-15-16-17-18-19-20-21-22-23-24-25-26-27-28-30-32-34-41(62)40(58-45(63)35-33-31-29-12-10-8-6-4-2)39-71-55-51(69)48(66)53(43(37-60)73-55)76-57-52(70)49(67)54(44(38-61)74-57)75-56-50(68)47(65)46(64)42(36-59)72-56/h32,34,40-44,46-57,59-62,64-70H,3-31,33,35-39H2,1-2H3,(H,58,63)/b34-32+. The van der Waals surface area contributed by atoms with Gasteiger partial charge in [-0.1, -0.05) is 199 Å². The zero-order valence-electron chi connectivity index (χ0n) is 46.5. The molecule has 448 valence electrons. The Hall–Kier alpha value is -1.47. The molecule has 19 heteroatoms. The van der Waals surface area contributed by atoms with Gasteiger partial charge in [0.05, 0.1) is 38.6 Å². The van der Waals surface area contributed by atoms with Crippen molar-refractivity contribution in [3.05, 3.63) is 12.2 Å². The maximum Gasteiger partial charge on any atom is 0.220 e. The van der Waals surface area contributed by atoms with E-state index in [9.17, 15) is 61.0 Å². The Morgan fingerprint density at radius 3 is 1.24 bits per heavy atom. The molecule has 1 amide bonds. The molecule has 0 aliphatic carbocycles. The number of unbranched alkanes of at least 4 members (excludes halogenated alkanes) is 28. The summed E-state index contributed by atoms with van der Waals surface area (Å²) in [6.07, 6.45) is 13.7. The fraction of sp³-hybridized carbons (Fsp3) is 0.947. The van der Waals surface area contributed by atoms with Crippen LogP contribution in [-0.2, 0) is 33.2 Å². The van der Waals surface area contributed by atoms with Gasteiger partial charge in [-0.15, -0.1) is 0 Å². The first kappa shape index (κ1) is 68.8. The van der Waals surface area contributed by atoms with Crippen molar-refractivity contribution in [2.24, 2.45) is 0 Å². The van der Waals surface area contributed by atoms with E-state index in [1.807, 2.05) is 6.08 Å². The van der Waals surface area contributed by atoms with E-state index < -0.39 is 124 Å². The van der Waals surface area contributed by atoms with Crippen molar-refractivity contribution in [2.75, 3.05) is 26.4 Å². The first-order valence-electron chi connectivity index (χ1n) is 29.9. The van der Waals surface area contributed by atoms with Gasteiger partial charge in [-0.3, -0.25) is 4.79 Å². The summed E-state index contributed by atoms with van der Waals surface area (Å²) in [5.74, 6) is -0.279. The van der Waals surface area contributed by atoms with Gasteiger partial charge in [0.1, 0.15) is 73.2 Å². The van der Waals surface area contributed by atoms with Crippen LogP contribution in [0.15, 0.2) is 12.2 Å². The number of hydrogen-bond donors (Lipinski definition) is 12. The largest absolute Gasteiger partial charge is 0.394 e. The van der Waals surface area contributed by atoms with Crippen LogP contribution in [0.3, 0.4) is 0 Å². The highest BCUT2D eigenvalue weighted by atomic mass is 16.8. The van der Waals surface area contributed by atoms with Gasteiger partial charge in [-0.05, 0) is 19.3 Å². The third kappa shape index (κ3) is 25.5. The molecule has 0 aromatic rings. The fourth-order valence-electron chi connectivity index (χ4n) is 10.4. The second kappa shape index (κ2) is 41.5. The van der Waals surface area contributed by atoms with E-state index in [-0.39, 0.29) is 18.9 Å². The van der Waals surface area contributed by atoms with Crippen molar-refractivity contribution >= 4 is 5.91 Å². The molecular weight excluding hydrogens is 987 g/mol. The van der Waals surface area contributed by atoms with Crippen molar-refractivity contribution < 1.29 is 89.4 Å². The lowest BCUT2D eigenvalue weighted by molar-refractivity contribution is -0.379. The lowest BCUT2D eigenvalue weighted by Crippen LogP contribution is -2.66. The quantitative estimate of drug-likeness (QED) is 0.0283. The van der Waals surface area contributed by atoms with Crippen molar-refractivity contribution in [3.63, 3.8) is 0 Å². The van der Waals surface area contributed by atoms with E-state index in [0.29, 0.717) is 6.42 Å². The smallest absolute Gasteiger partial charge is 0.220 e. The minimum Gasteiger partial charge on any atom is -0.394 e. The van der Waals surface area contributed by atoms with E-state index in [2.05, 4.69) is 19.2 Å².